The second-order valence-corrected chi connectivity index (χ2v) is 5.47. The van der Waals surface area contributed by atoms with Crippen LogP contribution in [-0.4, -0.2) is 31.2 Å². The highest BCUT2D eigenvalue weighted by atomic mass is 15.2. The van der Waals surface area contributed by atoms with E-state index in [9.17, 15) is 0 Å². The highest BCUT2D eigenvalue weighted by molar-refractivity contribution is 5.55. The molecule has 0 bridgehead atoms. The smallest absolute Gasteiger partial charge is 0.132 e. The predicted octanol–water partition coefficient (Wildman–Crippen LogP) is 2.74. The van der Waals surface area contributed by atoms with Crippen LogP contribution in [-0.2, 0) is 25.7 Å². The first-order chi connectivity index (χ1) is 9.76. The Morgan fingerprint density at radius 3 is 1.95 bits per heavy atom. The molecule has 1 aliphatic heterocycles. The first-order valence-electron chi connectivity index (χ1n) is 8.25. The van der Waals surface area contributed by atoms with Crippen LogP contribution in [0.1, 0.15) is 50.1 Å². The third-order valence-corrected chi connectivity index (χ3v) is 4.40. The van der Waals surface area contributed by atoms with Crippen LogP contribution in [0, 0.1) is 0 Å². The van der Waals surface area contributed by atoms with Gasteiger partial charge in [0.05, 0.1) is 0 Å². The number of anilines is 1. The Hall–Kier alpha value is -1.09. The molecule has 0 atom stereocenters. The number of aryl methyl sites for hydroxylation is 1. The molecule has 0 unspecified atom stereocenters. The molecule has 1 fully saturated rings. The average molecular weight is 275 g/mol. The van der Waals surface area contributed by atoms with E-state index in [0.29, 0.717) is 0 Å². The van der Waals surface area contributed by atoms with E-state index in [1.807, 2.05) is 0 Å². The summed E-state index contributed by atoms with van der Waals surface area (Å²) in [7, 11) is 0. The molecule has 0 saturated carbocycles. The maximum Gasteiger partial charge on any atom is 0.132 e. The van der Waals surface area contributed by atoms with Gasteiger partial charge in [0, 0.05) is 31.9 Å². The van der Waals surface area contributed by atoms with Crippen molar-refractivity contribution in [2.45, 2.75) is 53.4 Å². The van der Waals surface area contributed by atoms with Gasteiger partial charge in [0.2, 0.25) is 0 Å². The quantitative estimate of drug-likeness (QED) is 0.895. The van der Waals surface area contributed by atoms with Crippen molar-refractivity contribution in [1.82, 2.24) is 10.3 Å². The second kappa shape index (κ2) is 7.07. The Morgan fingerprint density at radius 2 is 1.45 bits per heavy atom. The van der Waals surface area contributed by atoms with Crippen LogP contribution >= 0.6 is 0 Å². The van der Waals surface area contributed by atoms with Crippen molar-refractivity contribution in [2.24, 2.45) is 0 Å². The Balaban J connectivity index is 2.54. The van der Waals surface area contributed by atoms with E-state index in [4.69, 9.17) is 4.98 Å². The molecule has 0 aromatic carbocycles. The summed E-state index contributed by atoms with van der Waals surface area (Å²) in [6.45, 7) is 13.4. The topological polar surface area (TPSA) is 28.2 Å². The van der Waals surface area contributed by atoms with E-state index >= 15 is 0 Å². The van der Waals surface area contributed by atoms with E-state index in [0.717, 1.165) is 51.9 Å². The third-order valence-electron chi connectivity index (χ3n) is 4.40. The Labute approximate surface area is 123 Å². The third kappa shape index (κ3) is 2.83. The number of rotatable bonds is 5. The fraction of sp³-hybridized carbons (Fsp3) is 0.706. The van der Waals surface area contributed by atoms with Gasteiger partial charge in [-0.3, -0.25) is 0 Å². The van der Waals surface area contributed by atoms with E-state index in [2.05, 4.69) is 37.9 Å². The summed E-state index contributed by atoms with van der Waals surface area (Å²) < 4.78 is 0. The molecule has 1 aromatic heterocycles. The van der Waals surface area contributed by atoms with Gasteiger partial charge in [-0.2, -0.15) is 0 Å². The lowest BCUT2D eigenvalue weighted by Gasteiger charge is -2.32. The van der Waals surface area contributed by atoms with Crippen LogP contribution in [0.3, 0.4) is 0 Å². The minimum absolute atomic E-state index is 1.04. The van der Waals surface area contributed by atoms with Crippen LogP contribution in [0.5, 0.6) is 0 Å². The zero-order valence-electron chi connectivity index (χ0n) is 13.6. The maximum absolute atomic E-state index is 5.06. The van der Waals surface area contributed by atoms with Crippen molar-refractivity contribution in [3.05, 3.63) is 22.4 Å². The van der Waals surface area contributed by atoms with Crippen molar-refractivity contribution in [3.8, 4) is 0 Å². The predicted molar refractivity (Wildman–Crippen MR) is 86.8 cm³/mol. The molecule has 1 N–H and O–H groups in total. The summed E-state index contributed by atoms with van der Waals surface area (Å²) in [5, 5.41) is 3.43. The summed E-state index contributed by atoms with van der Waals surface area (Å²) in [6.07, 6.45) is 4.36. The summed E-state index contributed by atoms with van der Waals surface area (Å²) >= 11 is 0. The first-order valence-corrected chi connectivity index (χ1v) is 8.25. The van der Waals surface area contributed by atoms with Gasteiger partial charge in [0.1, 0.15) is 5.82 Å². The second-order valence-electron chi connectivity index (χ2n) is 5.47. The summed E-state index contributed by atoms with van der Waals surface area (Å²) in [5.41, 5.74) is 5.87. The van der Waals surface area contributed by atoms with Gasteiger partial charge in [-0.15, -0.1) is 0 Å². The molecule has 3 heteroatoms. The number of hydrogen-bond donors (Lipinski definition) is 1. The number of piperazine rings is 1. The van der Waals surface area contributed by atoms with Crippen LogP contribution in [0.15, 0.2) is 0 Å². The molecule has 0 radical (unpaired) electrons. The summed E-state index contributed by atoms with van der Waals surface area (Å²) in [6, 6.07) is 0. The minimum atomic E-state index is 1.04. The van der Waals surface area contributed by atoms with Gasteiger partial charge in [-0.1, -0.05) is 27.7 Å². The van der Waals surface area contributed by atoms with Crippen LogP contribution in [0.25, 0.3) is 0 Å². The molecule has 2 heterocycles. The Bertz CT molecular complexity index is 448. The Kier molecular flexibility index (Phi) is 5.41. The molecular weight excluding hydrogens is 246 g/mol. The number of nitrogens with zero attached hydrogens (tertiary/aromatic N) is 2. The van der Waals surface area contributed by atoms with Gasteiger partial charge in [-0.05, 0) is 42.4 Å². The molecule has 0 spiro atoms. The maximum atomic E-state index is 5.06. The number of hydrogen-bond acceptors (Lipinski definition) is 3. The molecule has 3 nitrogen and oxygen atoms in total. The average Bonchev–Trinajstić information content (AvgIpc) is 2.53. The van der Waals surface area contributed by atoms with Gasteiger partial charge < -0.3 is 10.2 Å². The number of pyridine rings is 1. The lowest BCUT2D eigenvalue weighted by atomic mass is 9.93. The standard InChI is InChI=1S/C17H29N3/c1-5-13-14(6-2)16(8-4)19-17(15(13)7-3)20-11-9-18-10-12-20/h18H,5-12H2,1-4H3. The SMILES string of the molecule is CCc1nc(N2CCNCC2)c(CC)c(CC)c1CC. The first kappa shape index (κ1) is 15.3. The minimum Gasteiger partial charge on any atom is -0.354 e. The van der Waals surface area contributed by atoms with E-state index in [-0.39, 0.29) is 0 Å². The highest BCUT2D eigenvalue weighted by Gasteiger charge is 2.20. The number of aromatic nitrogens is 1. The normalized spacial score (nSPS) is 15.7. The fourth-order valence-electron chi connectivity index (χ4n) is 3.40. The monoisotopic (exact) mass is 275 g/mol. The molecule has 20 heavy (non-hydrogen) atoms. The van der Waals surface area contributed by atoms with E-state index in [1.54, 1.807) is 5.56 Å². The number of nitrogens with one attached hydrogen (secondary N) is 1. The zero-order chi connectivity index (χ0) is 14.5. The van der Waals surface area contributed by atoms with Crippen molar-refractivity contribution >= 4 is 5.82 Å². The van der Waals surface area contributed by atoms with Crippen molar-refractivity contribution in [3.63, 3.8) is 0 Å². The molecular formula is C17H29N3. The van der Waals surface area contributed by atoms with E-state index in [1.165, 1.54) is 22.6 Å². The van der Waals surface area contributed by atoms with Crippen molar-refractivity contribution < 1.29 is 0 Å². The lowest BCUT2D eigenvalue weighted by Crippen LogP contribution is -2.44. The largest absolute Gasteiger partial charge is 0.354 e. The van der Waals surface area contributed by atoms with Gasteiger partial charge in [0.25, 0.3) is 0 Å². The zero-order valence-corrected chi connectivity index (χ0v) is 13.6. The van der Waals surface area contributed by atoms with Gasteiger partial charge >= 0.3 is 0 Å². The molecule has 0 amide bonds. The van der Waals surface area contributed by atoms with E-state index < -0.39 is 0 Å². The molecule has 1 aromatic rings. The van der Waals surface area contributed by atoms with Crippen LogP contribution < -0.4 is 10.2 Å². The molecule has 112 valence electrons. The van der Waals surface area contributed by atoms with Gasteiger partial charge in [-0.25, -0.2) is 4.98 Å². The fourth-order valence-corrected chi connectivity index (χ4v) is 3.40. The molecule has 0 aliphatic carbocycles. The van der Waals surface area contributed by atoms with Crippen molar-refractivity contribution in [1.29, 1.82) is 0 Å². The summed E-state index contributed by atoms with van der Waals surface area (Å²) in [4.78, 5) is 7.54. The van der Waals surface area contributed by atoms with Crippen LogP contribution in [0.2, 0.25) is 0 Å². The molecule has 2 rings (SSSR count). The lowest BCUT2D eigenvalue weighted by molar-refractivity contribution is 0.581. The molecule has 1 saturated heterocycles. The van der Waals surface area contributed by atoms with Crippen LogP contribution in [0.4, 0.5) is 5.82 Å². The summed E-state index contributed by atoms with van der Waals surface area (Å²) in [5.74, 6) is 1.26. The molecule has 1 aliphatic rings. The Morgan fingerprint density at radius 1 is 0.850 bits per heavy atom. The van der Waals surface area contributed by atoms with Gasteiger partial charge in [0.15, 0.2) is 0 Å². The highest BCUT2D eigenvalue weighted by Crippen LogP contribution is 2.29. The van der Waals surface area contributed by atoms with Crippen molar-refractivity contribution in [2.75, 3.05) is 31.1 Å².